The number of primary amides is 1. The maximum absolute atomic E-state index is 12.8. The SMILES string of the molecule is NCC1(C(=O)N2CCCC(C(N)=O)C2)CCCCC1. The first-order chi connectivity index (χ1) is 9.09. The average Bonchev–Trinajstić information content (AvgIpc) is 2.47. The van der Waals surface area contributed by atoms with Gasteiger partial charge in [0, 0.05) is 19.6 Å². The molecule has 0 aromatic carbocycles. The summed E-state index contributed by atoms with van der Waals surface area (Å²) >= 11 is 0. The first kappa shape index (κ1) is 14.3. The maximum atomic E-state index is 12.8. The van der Waals surface area contributed by atoms with Crippen LogP contribution in [0.2, 0.25) is 0 Å². The van der Waals surface area contributed by atoms with E-state index in [-0.39, 0.29) is 23.1 Å². The number of nitrogens with two attached hydrogens (primary N) is 2. The Bertz CT molecular complexity index is 351. The van der Waals surface area contributed by atoms with Gasteiger partial charge in [-0.3, -0.25) is 9.59 Å². The van der Waals surface area contributed by atoms with Gasteiger partial charge in [-0.05, 0) is 25.7 Å². The number of hydrogen-bond donors (Lipinski definition) is 2. The minimum absolute atomic E-state index is 0.153. The molecule has 1 heterocycles. The van der Waals surface area contributed by atoms with Gasteiger partial charge >= 0.3 is 0 Å². The van der Waals surface area contributed by atoms with Crippen LogP contribution in [0.5, 0.6) is 0 Å². The Balaban J connectivity index is 2.06. The van der Waals surface area contributed by atoms with Crippen LogP contribution in [0.4, 0.5) is 0 Å². The molecule has 0 spiro atoms. The van der Waals surface area contributed by atoms with Gasteiger partial charge in [0.15, 0.2) is 0 Å². The second kappa shape index (κ2) is 5.90. The highest BCUT2D eigenvalue weighted by Gasteiger charge is 2.42. The number of amides is 2. The molecule has 5 heteroatoms. The summed E-state index contributed by atoms with van der Waals surface area (Å²) in [4.78, 5) is 25.9. The van der Waals surface area contributed by atoms with Gasteiger partial charge in [-0.15, -0.1) is 0 Å². The van der Waals surface area contributed by atoms with Crippen LogP contribution >= 0.6 is 0 Å². The predicted octanol–water partition coefficient (Wildman–Crippen LogP) is 0.619. The first-order valence-corrected chi connectivity index (χ1v) is 7.38. The van der Waals surface area contributed by atoms with E-state index in [1.165, 1.54) is 6.42 Å². The van der Waals surface area contributed by atoms with Gasteiger partial charge in [0.2, 0.25) is 11.8 Å². The average molecular weight is 267 g/mol. The Hall–Kier alpha value is -1.10. The zero-order chi connectivity index (χ0) is 13.9. The molecule has 1 unspecified atom stereocenters. The third kappa shape index (κ3) is 2.91. The van der Waals surface area contributed by atoms with Gasteiger partial charge in [0.25, 0.3) is 0 Å². The van der Waals surface area contributed by atoms with Gasteiger partial charge in [-0.2, -0.15) is 0 Å². The van der Waals surface area contributed by atoms with Crippen molar-refractivity contribution in [3.8, 4) is 0 Å². The van der Waals surface area contributed by atoms with E-state index in [2.05, 4.69) is 0 Å². The molecule has 1 saturated heterocycles. The Morgan fingerprint density at radius 2 is 1.84 bits per heavy atom. The molecule has 2 aliphatic rings. The van der Waals surface area contributed by atoms with Crippen molar-refractivity contribution in [3.63, 3.8) is 0 Å². The number of carbonyl (C=O) groups excluding carboxylic acids is 2. The monoisotopic (exact) mass is 267 g/mol. The minimum Gasteiger partial charge on any atom is -0.369 e. The second-order valence-corrected chi connectivity index (χ2v) is 6.04. The fourth-order valence-corrected chi connectivity index (χ4v) is 3.46. The zero-order valence-electron chi connectivity index (χ0n) is 11.6. The van der Waals surface area contributed by atoms with E-state index in [0.29, 0.717) is 13.1 Å². The summed E-state index contributed by atoms with van der Waals surface area (Å²) in [6.07, 6.45) is 6.79. The largest absolute Gasteiger partial charge is 0.369 e. The lowest BCUT2D eigenvalue weighted by Gasteiger charge is -2.41. The summed E-state index contributed by atoms with van der Waals surface area (Å²) in [5.74, 6) is -0.320. The van der Waals surface area contributed by atoms with Crippen LogP contribution in [0, 0.1) is 11.3 Å². The Kier molecular flexibility index (Phi) is 4.45. The fraction of sp³-hybridized carbons (Fsp3) is 0.857. The molecular formula is C14H25N3O2. The maximum Gasteiger partial charge on any atom is 0.230 e. The highest BCUT2D eigenvalue weighted by Crippen LogP contribution is 2.38. The molecule has 2 amide bonds. The molecule has 0 aromatic heterocycles. The van der Waals surface area contributed by atoms with Gasteiger partial charge in [0.1, 0.15) is 0 Å². The van der Waals surface area contributed by atoms with Crippen molar-refractivity contribution in [3.05, 3.63) is 0 Å². The fourth-order valence-electron chi connectivity index (χ4n) is 3.46. The standard InChI is InChI=1S/C14H25N3O2/c15-10-14(6-2-1-3-7-14)13(19)17-8-4-5-11(9-17)12(16)18/h11H,1-10,15H2,(H2,16,18). The van der Waals surface area contributed by atoms with E-state index in [1.54, 1.807) is 0 Å². The van der Waals surface area contributed by atoms with Crippen LogP contribution in [-0.4, -0.2) is 36.3 Å². The predicted molar refractivity (Wildman–Crippen MR) is 73.1 cm³/mol. The third-order valence-corrected chi connectivity index (χ3v) is 4.77. The van der Waals surface area contributed by atoms with Gasteiger partial charge in [0.05, 0.1) is 11.3 Å². The molecule has 0 bridgehead atoms. The normalized spacial score (nSPS) is 27.0. The highest BCUT2D eigenvalue weighted by atomic mass is 16.2. The Morgan fingerprint density at radius 1 is 1.16 bits per heavy atom. The van der Waals surface area contributed by atoms with E-state index >= 15 is 0 Å². The summed E-state index contributed by atoms with van der Waals surface area (Å²) < 4.78 is 0. The zero-order valence-corrected chi connectivity index (χ0v) is 11.6. The summed E-state index contributed by atoms with van der Waals surface area (Å²) in [7, 11) is 0. The van der Waals surface area contributed by atoms with Gasteiger partial charge < -0.3 is 16.4 Å². The lowest BCUT2D eigenvalue weighted by molar-refractivity contribution is -0.146. The van der Waals surface area contributed by atoms with E-state index < -0.39 is 0 Å². The van der Waals surface area contributed by atoms with Crippen molar-refractivity contribution in [2.24, 2.45) is 22.8 Å². The molecule has 5 nitrogen and oxygen atoms in total. The van der Waals surface area contributed by atoms with E-state index in [1.807, 2.05) is 4.90 Å². The van der Waals surface area contributed by atoms with Crippen LogP contribution in [0.3, 0.4) is 0 Å². The number of nitrogens with zero attached hydrogens (tertiary/aromatic N) is 1. The van der Waals surface area contributed by atoms with Crippen LogP contribution in [-0.2, 0) is 9.59 Å². The number of carbonyl (C=O) groups is 2. The summed E-state index contributed by atoms with van der Waals surface area (Å²) in [6, 6.07) is 0. The van der Waals surface area contributed by atoms with Crippen LogP contribution in [0.25, 0.3) is 0 Å². The first-order valence-electron chi connectivity index (χ1n) is 7.38. The Labute approximate surface area is 114 Å². The van der Waals surface area contributed by atoms with E-state index in [4.69, 9.17) is 11.5 Å². The minimum atomic E-state index is -0.377. The quantitative estimate of drug-likeness (QED) is 0.785. The molecule has 0 aromatic rings. The van der Waals surface area contributed by atoms with E-state index in [9.17, 15) is 9.59 Å². The lowest BCUT2D eigenvalue weighted by Crippen LogP contribution is -2.53. The molecule has 1 saturated carbocycles. The molecule has 2 rings (SSSR count). The number of rotatable bonds is 3. The van der Waals surface area contributed by atoms with Crippen LogP contribution < -0.4 is 11.5 Å². The molecule has 2 fully saturated rings. The van der Waals surface area contributed by atoms with Crippen molar-refractivity contribution in [2.75, 3.05) is 19.6 Å². The van der Waals surface area contributed by atoms with Crippen molar-refractivity contribution < 1.29 is 9.59 Å². The van der Waals surface area contributed by atoms with Crippen LogP contribution in [0.15, 0.2) is 0 Å². The molecule has 1 atom stereocenters. The molecule has 4 N–H and O–H groups in total. The smallest absolute Gasteiger partial charge is 0.230 e. The molecule has 19 heavy (non-hydrogen) atoms. The number of hydrogen-bond acceptors (Lipinski definition) is 3. The highest BCUT2D eigenvalue weighted by molar-refractivity contribution is 5.84. The van der Waals surface area contributed by atoms with Crippen LogP contribution in [0.1, 0.15) is 44.9 Å². The molecule has 0 radical (unpaired) electrons. The summed E-state index contributed by atoms with van der Waals surface area (Å²) in [6.45, 7) is 1.64. The van der Waals surface area contributed by atoms with Crippen molar-refractivity contribution in [1.29, 1.82) is 0 Å². The van der Waals surface area contributed by atoms with Gasteiger partial charge in [-0.25, -0.2) is 0 Å². The van der Waals surface area contributed by atoms with Gasteiger partial charge in [-0.1, -0.05) is 19.3 Å². The molecule has 1 aliphatic heterocycles. The van der Waals surface area contributed by atoms with E-state index in [0.717, 1.165) is 45.1 Å². The summed E-state index contributed by atoms with van der Waals surface area (Å²) in [5, 5.41) is 0. The van der Waals surface area contributed by atoms with Crippen molar-refractivity contribution in [1.82, 2.24) is 4.90 Å². The molecule has 108 valence electrons. The second-order valence-electron chi connectivity index (χ2n) is 6.04. The van der Waals surface area contributed by atoms with Crippen molar-refractivity contribution in [2.45, 2.75) is 44.9 Å². The summed E-state index contributed by atoms with van der Waals surface area (Å²) in [5.41, 5.74) is 10.9. The topological polar surface area (TPSA) is 89.4 Å². The third-order valence-electron chi connectivity index (χ3n) is 4.77. The lowest BCUT2D eigenvalue weighted by atomic mass is 9.72. The Morgan fingerprint density at radius 3 is 2.42 bits per heavy atom. The number of likely N-dealkylation sites (tertiary alicyclic amines) is 1. The molecular weight excluding hydrogens is 242 g/mol. The molecule has 1 aliphatic carbocycles. The number of piperidine rings is 1. The van der Waals surface area contributed by atoms with Crippen molar-refractivity contribution >= 4 is 11.8 Å².